The van der Waals surface area contributed by atoms with Gasteiger partial charge in [-0.3, -0.25) is 14.2 Å². The zero-order valence-corrected chi connectivity index (χ0v) is 22.4. The molecule has 0 N–H and O–H groups in total. The van der Waals surface area contributed by atoms with Crippen LogP contribution >= 0.6 is 0 Å². The SMILES string of the molecule is CCCCCc1ccc(C(=O)N(CCC)C(C)c2nc3ccccc3c(=O)n2-c2ccccc2C)cc1. The molecule has 1 aromatic heterocycles. The molecule has 1 heterocycles. The number of unbranched alkanes of at least 4 members (excludes halogenated alkanes) is 2. The van der Waals surface area contributed by atoms with Gasteiger partial charge in [-0.05, 0) is 74.6 Å². The molecule has 0 spiro atoms. The van der Waals surface area contributed by atoms with Gasteiger partial charge < -0.3 is 4.90 Å². The molecule has 1 unspecified atom stereocenters. The Bertz CT molecular complexity index is 1420. The number of hydrogen-bond donors (Lipinski definition) is 0. The maximum Gasteiger partial charge on any atom is 0.266 e. The second-order valence-electron chi connectivity index (χ2n) is 9.74. The van der Waals surface area contributed by atoms with E-state index in [1.165, 1.54) is 18.4 Å². The lowest BCUT2D eigenvalue weighted by Crippen LogP contribution is -2.38. The van der Waals surface area contributed by atoms with Crippen LogP contribution in [0.2, 0.25) is 0 Å². The number of rotatable bonds is 10. The van der Waals surface area contributed by atoms with Crippen molar-refractivity contribution in [2.24, 2.45) is 0 Å². The van der Waals surface area contributed by atoms with Crippen molar-refractivity contribution in [2.75, 3.05) is 6.54 Å². The van der Waals surface area contributed by atoms with Gasteiger partial charge in [0.05, 0.1) is 22.6 Å². The van der Waals surface area contributed by atoms with Crippen molar-refractivity contribution in [1.29, 1.82) is 0 Å². The number of fused-ring (bicyclic) bond motifs is 1. The van der Waals surface area contributed by atoms with Gasteiger partial charge in [0.1, 0.15) is 5.82 Å². The first-order valence-corrected chi connectivity index (χ1v) is 13.4. The van der Waals surface area contributed by atoms with Crippen LogP contribution in [0.5, 0.6) is 0 Å². The average molecular weight is 496 g/mol. The summed E-state index contributed by atoms with van der Waals surface area (Å²) in [5.74, 6) is 0.518. The fourth-order valence-corrected chi connectivity index (χ4v) is 4.89. The highest BCUT2D eigenvalue weighted by Crippen LogP contribution is 2.26. The largest absolute Gasteiger partial charge is 0.329 e. The Hall–Kier alpha value is -3.73. The number of carbonyl (C=O) groups is 1. The predicted molar refractivity (Wildman–Crippen MR) is 151 cm³/mol. The number of nitrogens with zero attached hydrogens (tertiary/aromatic N) is 3. The van der Waals surface area contributed by atoms with Crippen LogP contribution in [-0.2, 0) is 6.42 Å². The first-order chi connectivity index (χ1) is 18.0. The van der Waals surface area contributed by atoms with Crippen molar-refractivity contribution in [3.05, 3.63) is 106 Å². The molecule has 0 saturated carbocycles. The van der Waals surface area contributed by atoms with Crippen molar-refractivity contribution < 1.29 is 4.79 Å². The Kier molecular flexibility index (Phi) is 8.54. The maximum absolute atomic E-state index is 13.8. The first kappa shape index (κ1) is 26.3. The molecule has 3 aromatic carbocycles. The minimum atomic E-state index is -0.409. The summed E-state index contributed by atoms with van der Waals surface area (Å²) in [7, 11) is 0. The highest BCUT2D eigenvalue weighted by Gasteiger charge is 2.27. The fraction of sp³-hybridized carbons (Fsp3) is 0.344. The fourth-order valence-electron chi connectivity index (χ4n) is 4.89. The van der Waals surface area contributed by atoms with Crippen LogP contribution in [0.3, 0.4) is 0 Å². The van der Waals surface area contributed by atoms with Gasteiger partial charge in [-0.2, -0.15) is 0 Å². The summed E-state index contributed by atoms with van der Waals surface area (Å²) in [6, 6.07) is 22.8. The Morgan fingerprint density at radius 3 is 2.32 bits per heavy atom. The Labute approximate surface area is 219 Å². The van der Waals surface area contributed by atoms with Gasteiger partial charge in [-0.25, -0.2) is 4.98 Å². The van der Waals surface area contributed by atoms with Crippen molar-refractivity contribution in [2.45, 2.75) is 65.8 Å². The highest BCUT2D eigenvalue weighted by atomic mass is 16.2. The monoisotopic (exact) mass is 495 g/mol. The summed E-state index contributed by atoms with van der Waals surface area (Å²) in [5.41, 5.74) is 4.19. The summed E-state index contributed by atoms with van der Waals surface area (Å²) in [6.45, 7) is 8.79. The zero-order chi connectivity index (χ0) is 26.4. The maximum atomic E-state index is 13.8. The van der Waals surface area contributed by atoms with Gasteiger partial charge in [-0.1, -0.05) is 69.2 Å². The average Bonchev–Trinajstić information content (AvgIpc) is 2.92. The molecule has 0 bridgehead atoms. The van der Waals surface area contributed by atoms with E-state index < -0.39 is 6.04 Å². The van der Waals surface area contributed by atoms with E-state index in [-0.39, 0.29) is 11.5 Å². The van der Waals surface area contributed by atoms with Gasteiger partial charge in [0.25, 0.3) is 11.5 Å². The quantitative estimate of drug-likeness (QED) is 0.222. The number of aromatic nitrogens is 2. The van der Waals surface area contributed by atoms with E-state index in [9.17, 15) is 9.59 Å². The summed E-state index contributed by atoms with van der Waals surface area (Å²) in [6.07, 6.45) is 5.39. The summed E-state index contributed by atoms with van der Waals surface area (Å²) >= 11 is 0. The number of benzene rings is 3. The van der Waals surface area contributed by atoms with Crippen LogP contribution < -0.4 is 5.56 Å². The molecule has 0 aliphatic heterocycles. The third-order valence-electron chi connectivity index (χ3n) is 6.99. The van der Waals surface area contributed by atoms with Crippen LogP contribution in [0.15, 0.2) is 77.6 Å². The molecule has 0 radical (unpaired) electrons. The zero-order valence-electron chi connectivity index (χ0n) is 22.4. The molecule has 4 rings (SSSR count). The number of hydrogen-bond acceptors (Lipinski definition) is 3. The molecule has 1 atom stereocenters. The summed E-state index contributed by atoms with van der Waals surface area (Å²) in [4.78, 5) is 34.4. The normalized spacial score (nSPS) is 12.0. The molecular weight excluding hydrogens is 458 g/mol. The lowest BCUT2D eigenvalue weighted by molar-refractivity contribution is 0.0681. The van der Waals surface area contributed by atoms with E-state index in [4.69, 9.17) is 4.98 Å². The minimum absolute atomic E-state index is 0.0480. The Balaban J connectivity index is 1.77. The van der Waals surface area contributed by atoms with E-state index in [0.717, 1.165) is 30.5 Å². The van der Waals surface area contributed by atoms with Gasteiger partial charge in [0.2, 0.25) is 0 Å². The van der Waals surface area contributed by atoms with Crippen LogP contribution in [-0.4, -0.2) is 26.9 Å². The topological polar surface area (TPSA) is 55.2 Å². The lowest BCUT2D eigenvalue weighted by atomic mass is 10.0. The molecule has 4 aromatic rings. The second kappa shape index (κ2) is 12.0. The summed E-state index contributed by atoms with van der Waals surface area (Å²) < 4.78 is 1.69. The molecule has 0 aliphatic carbocycles. The molecule has 5 nitrogen and oxygen atoms in total. The molecule has 0 fully saturated rings. The van der Waals surface area contributed by atoms with Crippen LogP contribution in [0.4, 0.5) is 0 Å². The van der Waals surface area contributed by atoms with E-state index in [1.54, 1.807) is 4.57 Å². The van der Waals surface area contributed by atoms with Crippen LogP contribution in [0.25, 0.3) is 16.6 Å². The Morgan fingerprint density at radius 1 is 0.919 bits per heavy atom. The van der Waals surface area contributed by atoms with E-state index in [2.05, 4.69) is 26.0 Å². The second-order valence-corrected chi connectivity index (χ2v) is 9.74. The number of para-hydroxylation sites is 2. The number of amides is 1. The molecule has 0 aliphatic rings. The van der Waals surface area contributed by atoms with Gasteiger partial charge in [0.15, 0.2) is 0 Å². The highest BCUT2D eigenvalue weighted by molar-refractivity contribution is 5.94. The smallest absolute Gasteiger partial charge is 0.266 e. The predicted octanol–water partition coefficient (Wildman–Crippen LogP) is 7.04. The van der Waals surface area contributed by atoms with E-state index in [0.29, 0.717) is 28.8 Å². The molecule has 37 heavy (non-hydrogen) atoms. The van der Waals surface area contributed by atoms with Crippen LogP contribution in [0.1, 0.15) is 79.8 Å². The van der Waals surface area contributed by atoms with Gasteiger partial charge >= 0.3 is 0 Å². The molecule has 0 saturated heterocycles. The van der Waals surface area contributed by atoms with E-state index >= 15 is 0 Å². The number of carbonyl (C=O) groups excluding carboxylic acids is 1. The molecular formula is C32H37N3O2. The minimum Gasteiger partial charge on any atom is -0.329 e. The third kappa shape index (κ3) is 5.66. The van der Waals surface area contributed by atoms with Crippen LogP contribution in [0, 0.1) is 6.92 Å². The third-order valence-corrected chi connectivity index (χ3v) is 6.99. The lowest BCUT2D eigenvalue weighted by Gasteiger charge is -2.30. The summed E-state index contributed by atoms with van der Waals surface area (Å²) in [5, 5.41) is 0.564. The molecule has 5 heteroatoms. The standard InChI is InChI=1S/C32H37N3O2/c1-5-7-8-14-25-18-20-26(21-19-25)31(36)34(22-6-2)24(4)30-33-28-16-11-10-15-27(28)32(37)35(30)29-17-12-9-13-23(29)3/h9-13,15-21,24H,5-8,14,22H2,1-4H3. The number of aryl methyl sites for hydroxylation is 2. The molecule has 192 valence electrons. The van der Waals surface area contributed by atoms with Crippen molar-refractivity contribution in [3.63, 3.8) is 0 Å². The van der Waals surface area contributed by atoms with Gasteiger partial charge in [-0.15, -0.1) is 0 Å². The molecule has 1 amide bonds. The van der Waals surface area contributed by atoms with Crippen molar-refractivity contribution in [3.8, 4) is 5.69 Å². The van der Waals surface area contributed by atoms with Crippen molar-refractivity contribution in [1.82, 2.24) is 14.5 Å². The van der Waals surface area contributed by atoms with Gasteiger partial charge in [0, 0.05) is 12.1 Å². The van der Waals surface area contributed by atoms with E-state index in [1.807, 2.05) is 79.4 Å². The van der Waals surface area contributed by atoms with Crippen molar-refractivity contribution >= 4 is 16.8 Å². The Morgan fingerprint density at radius 2 is 1.62 bits per heavy atom. The first-order valence-electron chi connectivity index (χ1n) is 13.4.